The Kier molecular flexibility index (Phi) is 4.39. The molecule has 0 saturated carbocycles. The zero-order valence-electron chi connectivity index (χ0n) is 18.7. The molecular weight excluding hydrogens is 412 g/mol. The maximum atomic E-state index is 3.63. The fraction of sp³-hybridized carbons (Fsp3) is 0.0625. The molecule has 1 fully saturated rings. The van der Waals surface area contributed by atoms with Crippen molar-refractivity contribution in [3.63, 3.8) is 0 Å². The van der Waals surface area contributed by atoms with Crippen molar-refractivity contribution in [2.75, 3.05) is 0 Å². The summed E-state index contributed by atoms with van der Waals surface area (Å²) in [6, 6.07) is 46.7. The van der Waals surface area contributed by atoms with Gasteiger partial charge in [-0.1, -0.05) is 97.1 Å². The van der Waals surface area contributed by atoms with Gasteiger partial charge in [0, 0.05) is 16.5 Å². The van der Waals surface area contributed by atoms with Gasteiger partial charge in [0.25, 0.3) is 0 Å². The summed E-state index contributed by atoms with van der Waals surface area (Å²) >= 11 is 0. The number of para-hydroxylation sites is 1. The van der Waals surface area contributed by atoms with E-state index in [0.717, 1.165) is 0 Å². The Morgan fingerprint density at radius 1 is 0.471 bits per heavy atom. The second-order valence-corrected chi connectivity index (χ2v) is 9.07. The monoisotopic (exact) mass is 436 g/mol. The number of rotatable bonds is 4. The van der Waals surface area contributed by atoms with Crippen LogP contribution < -0.4 is 5.32 Å². The maximum Gasteiger partial charge on any atom is 0.0541 e. The van der Waals surface area contributed by atoms with E-state index in [0.29, 0.717) is 12.1 Å². The summed E-state index contributed by atoms with van der Waals surface area (Å²) in [5.74, 6) is 0. The lowest BCUT2D eigenvalue weighted by atomic mass is 10.0. The Morgan fingerprint density at radius 2 is 1.09 bits per heavy atom. The van der Waals surface area contributed by atoms with Crippen LogP contribution in [0.3, 0.4) is 0 Å². The number of benzene rings is 5. The minimum Gasteiger partial charge on any atom is -0.309 e. The Labute approximate surface area is 199 Å². The summed E-state index contributed by atoms with van der Waals surface area (Å²) in [4.78, 5) is 0. The van der Waals surface area contributed by atoms with Crippen molar-refractivity contribution >= 4 is 21.8 Å². The lowest BCUT2D eigenvalue weighted by molar-refractivity contribution is 1.02. The average Bonchev–Trinajstić information content (AvgIpc) is 3.65. The van der Waals surface area contributed by atoms with Crippen LogP contribution in [0.15, 0.2) is 127 Å². The molecule has 2 atom stereocenters. The van der Waals surface area contributed by atoms with Crippen LogP contribution >= 0.6 is 0 Å². The molecule has 2 nitrogen and oxygen atoms in total. The maximum absolute atomic E-state index is 3.63. The number of aromatic nitrogens is 1. The van der Waals surface area contributed by atoms with Gasteiger partial charge < -0.3 is 4.57 Å². The molecule has 5 aromatic carbocycles. The number of nitrogens with zero attached hydrogens (tertiary/aromatic N) is 1. The topological polar surface area (TPSA) is 26.9 Å². The molecule has 162 valence electrons. The Hall–Kier alpha value is -4.14. The smallest absolute Gasteiger partial charge is 0.0541 e. The molecule has 1 saturated heterocycles. The molecule has 0 bridgehead atoms. The first-order valence-corrected chi connectivity index (χ1v) is 11.9. The minimum absolute atomic E-state index is 0.392. The van der Waals surface area contributed by atoms with Gasteiger partial charge in [0.1, 0.15) is 0 Å². The summed E-state index contributed by atoms with van der Waals surface area (Å²) in [5, 5.41) is 6.20. The van der Waals surface area contributed by atoms with Crippen LogP contribution in [0.2, 0.25) is 0 Å². The summed E-state index contributed by atoms with van der Waals surface area (Å²) in [7, 11) is 0. The molecule has 1 N–H and O–H groups in total. The van der Waals surface area contributed by atoms with E-state index in [-0.39, 0.29) is 0 Å². The van der Waals surface area contributed by atoms with E-state index in [1.54, 1.807) is 0 Å². The van der Waals surface area contributed by atoms with Crippen LogP contribution in [-0.4, -0.2) is 4.57 Å². The average molecular weight is 437 g/mol. The van der Waals surface area contributed by atoms with Crippen molar-refractivity contribution in [1.82, 2.24) is 9.88 Å². The predicted molar refractivity (Wildman–Crippen MR) is 141 cm³/mol. The SMILES string of the molecule is c1ccc(-c2ccc3c(c2)c2ccccc2n3-c2ccc(C3N[C@@H]3c3ccccc3)cc2)cc1. The van der Waals surface area contributed by atoms with Crippen molar-refractivity contribution in [1.29, 1.82) is 0 Å². The van der Waals surface area contributed by atoms with Crippen molar-refractivity contribution in [3.8, 4) is 16.8 Å². The van der Waals surface area contributed by atoms with Crippen molar-refractivity contribution in [2.24, 2.45) is 0 Å². The molecule has 1 unspecified atom stereocenters. The van der Waals surface area contributed by atoms with Crippen molar-refractivity contribution in [2.45, 2.75) is 12.1 Å². The molecule has 2 heteroatoms. The number of nitrogens with one attached hydrogen (secondary N) is 1. The molecule has 34 heavy (non-hydrogen) atoms. The second-order valence-electron chi connectivity index (χ2n) is 9.07. The van der Waals surface area contributed by atoms with Gasteiger partial charge >= 0.3 is 0 Å². The number of hydrogen-bond acceptors (Lipinski definition) is 1. The van der Waals surface area contributed by atoms with Crippen LogP contribution in [0.5, 0.6) is 0 Å². The molecule has 0 amide bonds. The molecule has 1 aliphatic heterocycles. The largest absolute Gasteiger partial charge is 0.309 e. The van der Waals surface area contributed by atoms with Gasteiger partial charge in [0.15, 0.2) is 0 Å². The van der Waals surface area contributed by atoms with Gasteiger partial charge in [-0.25, -0.2) is 0 Å². The molecular formula is C32H24N2. The lowest BCUT2D eigenvalue weighted by Crippen LogP contribution is -1.94. The van der Waals surface area contributed by atoms with Crippen LogP contribution in [0.4, 0.5) is 0 Å². The first kappa shape index (κ1) is 19.3. The van der Waals surface area contributed by atoms with Gasteiger partial charge in [-0.2, -0.15) is 0 Å². The minimum atomic E-state index is 0.392. The van der Waals surface area contributed by atoms with Crippen LogP contribution in [0.1, 0.15) is 23.2 Å². The van der Waals surface area contributed by atoms with Crippen molar-refractivity contribution in [3.05, 3.63) is 139 Å². The Bertz CT molecular complexity index is 1610. The Balaban J connectivity index is 1.30. The van der Waals surface area contributed by atoms with E-state index in [1.807, 2.05) is 0 Å². The fourth-order valence-corrected chi connectivity index (χ4v) is 5.27. The molecule has 7 rings (SSSR count). The summed E-state index contributed by atoms with van der Waals surface area (Å²) in [5.41, 5.74) is 8.85. The quantitative estimate of drug-likeness (QED) is 0.280. The van der Waals surface area contributed by atoms with Gasteiger partial charge in [-0.15, -0.1) is 0 Å². The van der Waals surface area contributed by atoms with Gasteiger partial charge in [-0.05, 0) is 52.6 Å². The van der Waals surface area contributed by atoms with E-state index in [1.165, 1.54) is 49.7 Å². The first-order chi connectivity index (χ1) is 16.9. The predicted octanol–water partition coefficient (Wildman–Crippen LogP) is 7.84. The zero-order valence-corrected chi connectivity index (χ0v) is 18.7. The molecule has 1 aliphatic rings. The highest BCUT2D eigenvalue weighted by molar-refractivity contribution is 6.10. The van der Waals surface area contributed by atoms with E-state index in [4.69, 9.17) is 0 Å². The number of fused-ring (bicyclic) bond motifs is 3. The van der Waals surface area contributed by atoms with E-state index in [9.17, 15) is 0 Å². The molecule has 1 aromatic heterocycles. The molecule has 0 aliphatic carbocycles. The third kappa shape index (κ3) is 3.15. The standard InChI is InChI=1S/C32H24N2/c1-3-9-22(10-4-1)25-17-20-30-28(21-25)27-13-7-8-14-29(27)34(30)26-18-15-24(16-19-26)32-31(33-32)23-11-5-2-6-12-23/h1-21,31-33H/t31-,32?/m1/s1. The van der Waals surface area contributed by atoms with Crippen molar-refractivity contribution < 1.29 is 0 Å². The fourth-order valence-electron chi connectivity index (χ4n) is 5.27. The van der Waals surface area contributed by atoms with Gasteiger partial charge in [-0.3, -0.25) is 5.32 Å². The first-order valence-electron chi connectivity index (χ1n) is 11.9. The van der Waals surface area contributed by atoms with E-state index < -0.39 is 0 Å². The highest BCUT2D eigenvalue weighted by atomic mass is 15.1. The summed E-state index contributed by atoms with van der Waals surface area (Å²) in [6.45, 7) is 0. The Morgan fingerprint density at radius 3 is 1.85 bits per heavy atom. The van der Waals surface area contributed by atoms with Crippen LogP contribution in [0.25, 0.3) is 38.6 Å². The van der Waals surface area contributed by atoms with E-state index in [2.05, 4.69) is 137 Å². The lowest BCUT2D eigenvalue weighted by Gasteiger charge is -2.09. The zero-order chi connectivity index (χ0) is 22.5. The normalized spacial score (nSPS) is 17.3. The van der Waals surface area contributed by atoms with E-state index >= 15 is 0 Å². The summed E-state index contributed by atoms with van der Waals surface area (Å²) < 4.78 is 2.39. The third-order valence-corrected chi connectivity index (χ3v) is 7.03. The molecule has 2 heterocycles. The third-order valence-electron chi connectivity index (χ3n) is 7.03. The molecule has 6 aromatic rings. The van der Waals surface area contributed by atoms with Crippen LogP contribution in [-0.2, 0) is 0 Å². The molecule has 0 spiro atoms. The highest BCUT2D eigenvalue weighted by Gasteiger charge is 2.38. The van der Waals surface area contributed by atoms with Gasteiger partial charge in [0.2, 0.25) is 0 Å². The van der Waals surface area contributed by atoms with Crippen LogP contribution in [0, 0.1) is 0 Å². The second kappa shape index (κ2) is 7.72. The highest BCUT2D eigenvalue weighted by Crippen LogP contribution is 2.42. The number of hydrogen-bond donors (Lipinski definition) is 1. The summed E-state index contributed by atoms with van der Waals surface area (Å²) in [6.07, 6.45) is 0. The molecule has 0 radical (unpaired) electrons. The van der Waals surface area contributed by atoms with Gasteiger partial charge in [0.05, 0.1) is 23.1 Å².